The van der Waals surface area contributed by atoms with Gasteiger partial charge in [0.05, 0.1) is 76.0 Å². The van der Waals surface area contributed by atoms with Crippen LogP contribution in [0.15, 0.2) is 198 Å². The molecule has 12 aromatic heterocycles. The summed E-state index contributed by atoms with van der Waals surface area (Å²) in [5.41, 5.74) is 17.4. The highest BCUT2D eigenvalue weighted by atomic mass is 32.1. The molecule has 16 aromatic rings. The zero-order chi connectivity index (χ0) is 75.3. The van der Waals surface area contributed by atoms with Gasteiger partial charge in [-0.25, -0.2) is 39.9 Å². The van der Waals surface area contributed by atoms with E-state index in [4.69, 9.17) is 23.8 Å². The minimum atomic E-state index is -0.0983. The molecule has 0 saturated carbocycles. The van der Waals surface area contributed by atoms with Crippen molar-refractivity contribution in [3.05, 3.63) is 234 Å². The molecular weight excluding hydrogens is 1430 g/mol. The fraction of sp³-hybridized carbons (Fsp3) is 0.268. The molecule has 110 heavy (non-hydrogen) atoms. The van der Waals surface area contributed by atoms with Crippen LogP contribution < -0.4 is 63.1 Å². The van der Waals surface area contributed by atoms with Gasteiger partial charge in [0.25, 0.3) is 22.2 Å². The van der Waals surface area contributed by atoms with Crippen molar-refractivity contribution < 1.29 is 8.83 Å². The van der Waals surface area contributed by atoms with Gasteiger partial charge in [0.1, 0.15) is 33.6 Å². The molecule has 0 aliphatic carbocycles. The zero-order valence-electron chi connectivity index (χ0n) is 61.6. The number of aromatic nitrogens is 12. The van der Waals surface area contributed by atoms with Crippen LogP contribution in [-0.2, 0) is 0 Å². The van der Waals surface area contributed by atoms with E-state index in [1.807, 2.05) is 168 Å². The summed E-state index contributed by atoms with van der Waals surface area (Å²) in [5, 5.41) is 15.6. The van der Waals surface area contributed by atoms with Gasteiger partial charge in [-0.15, -0.1) is 22.7 Å². The Bertz CT molecular complexity index is 6060. The molecule has 16 heterocycles. The first-order valence-electron chi connectivity index (χ1n) is 37.0. The van der Waals surface area contributed by atoms with Gasteiger partial charge in [-0.05, 0) is 125 Å². The van der Waals surface area contributed by atoms with Gasteiger partial charge in [-0.2, -0.15) is 0 Å². The predicted octanol–water partition coefficient (Wildman–Crippen LogP) is 10.6. The quantitative estimate of drug-likeness (QED) is 0.110. The number of thiazole rings is 2. The Morgan fingerprint density at radius 1 is 0.345 bits per heavy atom. The smallest absolute Gasteiger partial charge is 0.258 e. The number of oxazole rings is 2. The van der Waals surface area contributed by atoms with E-state index in [-0.39, 0.29) is 22.2 Å². The van der Waals surface area contributed by atoms with Crippen LogP contribution in [-0.4, -0.2) is 161 Å². The molecule has 556 valence electrons. The van der Waals surface area contributed by atoms with Crippen LogP contribution in [0.25, 0.3) is 110 Å². The van der Waals surface area contributed by atoms with Crippen molar-refractivity contribution in [2.24, 2.45) is 0 Å². The van der Waals surface area contributed by atoms with Crippen molar-refractivity contribution in [1.29, 1.82) is 0 Å². The monoisotopic (exact) mass is 1500 g/mol. The Morgan fingerprint density at radius 2 is 0.664 bits per heavy atom. The lowest BCUT2D eigenvalue weighted by atomic mass is 10.1. The SMILES string of the molecule is Cc1nc2cc(-c3cc(=O)n4cc(N5CCNCC5)ccc4n3)ccc2s1.Cc1nc2cc(-c3cc(=O)n4cc(N5CCN[C@@H](C)C5)ccc4n3)ccc2s1.Cc1nc2ccc(-c3cc(=O)n4cc(N5CCNCC5)ccc4n3)cc2o1.Cc1nc2ccc(-c3cc(=O)n4cc(N5CCN[C@@H](C)C5)ccc4n3)cc2o1. The number of benzene rings is 4. The van der Waals surface area contributed by atoms with Crippen LogP contribution in [0.3, 0.4) is 0 Å². The fourth-order valence-electron chi connectivity index (χ4n) is 14.7. The molecule has 0 unspecified atom stereocenters. The van der Waals surface area contributed by atoms with Crippen molar-refractivity contribution >= 4 is 111 Å². The molecule has 0 spiro atoms. The van der Waals surface area contributed by atoms with Gasteiger partial charge in [0.2, 0.25) is 0 Å². The number of rotatable bonds is 8. The molecule has 20 rings (SSSR count). The van der Waals surface area contributed by atoms with Crippen molar-refractivity contribution in [3.8, 4) is 45.0 Å². The van der Waals surface area contributed by atoms with E-state index in [0.29, 0.717) is 80.4 Å². The maximum atomic E-state index is 12.8. The molecule has 28 heteroatoms. The molecule has 4 aliphatic rings. The van der Waals surface area contributed by atoms with Crippen molar-refractivity contribution in [2.75, 3.05) is 111 Å². The second-order valence-electron chi connectivity index (χ2n) is 28.1. The van der Waals surface area contributed by atoms with Gasteiger partial charge in [-0.3, -0.25) is 36.8 Å². The Hall–Kier alpha value is -11.9. The van der Waals surface area contributed by atoms with Crippen molar-refractivity contribution in [2.45, 2.75) is 53.6 Å². The Kier molecular flexibility index (Phi) is 19.5. The molecule has 26 nitrogen and oxygen atoms in total. The van der Waals surface area contributed by atoms with Gasteiger partial charge < -0.3 is 49.7 Å². The Balaban J connectivity index is 0.000000107. The molecule has 0 bridgehead atoms. The van der Waals surface area contributed by atoms with E-state index in [1.54, 1.807) is 64.5 Å². The number of aryl methyl sites for hydroxylation is 4. The molecule has 4 N–H and O–H groups in total. The number of fused-ring (bicyclic) bond motifs is 8. The largest absolute Gasteiger partial charge is 0.441 e. The standard InChI is InChI=1S/C21H21N5O2.C21H21N5OS.C20H19N5O2.C20H19N5OS/c1-13-11-25(8-7-22-13)16-4-6-20-24-18(10-21(27)26(20)12-16)15-3-5-17-19(9-15)28-14(2)23-17;1-13-11-25(8-7-22-13)16-4-6-20-24-17(10-21(27)26(20)12-16)15-3-5-19-18(9-15)23-14(2)28-19;1-13-22-16-4-2-14(10-18(16)27-13)17-11-20(26)25-12-15(3-5-19(25)23-17)24-8-6-21-7-9-24;1-13-22-17-10-14(2-4-18(17)27-13)16-11-20(26)25-12-15(3-5-19(25)23-16)24-8-6-21-7-9-24/h2*3-6,9-10,12-13,22H,7-8,11H2,1-2H3;2*2-5,10-12,21H,6-9H2,1H3/t2*13-;;/m00../s1. The molecule has 4 fully saturated rings. The lowest BCUT2D eigenvalue weighted by Crippen LogP contribution is -2.49. The number of pyridine rings is 4. The van der Waals surface area contributed by atoms with Gasteiger partial charge in [0.15, 0.2) is 22.9 Å². The van der Waals surface area contributed by atoms with Crippen LogP contribution >= 0.6 is 22.7 Å². The second kappa shape index (κ2) is 30.3. The highest BCUT2D eigenvalue weighted by Crippen LogP contribution is 2.32. The minimum absolute atomic E-state index is 0.0680. The van der Waals surface area contributed by atoms with Crippen LogP contribution in [0.5, 0.6) is 0 Å². The van der Waals surface area contributed by atoms with Gasteiger partial charge in [-0.1, -0.05) is 24.3 Å². The van der Waals surface area contributed by atoms with E-state index >= 15 is 0 Å². The first-order chi connectivity index (χ1) is 53.5. The molecule has 0 radical (unpaired) electrons. The number of hydrogen-bond donors (Lipinski definition) is 4. The van der Waals surface area contributed by atoms with Crippen LogP contribution in [0, 0.1) is 27.7 Å². The maximum absolute atomic E-state index is 12.8. The topological polar surface area (TPSA) is 276 Å². The van der Waals surface area contributed by atoms with Crippen LogP contribution in [0.1, 0.15) is 35.6 Å². The van der Waals surface area contributed by atoms with E-state index in [0.717, 1.165) is 178 Å². The maximum Gasteiger partial charge on any atom is 0.258 e. The highest BCUT2D eigenvalue weighted by Gasteiger charge is 2.22. The third kappa shape index (κ3) is 15.1. The Morgan fingerprint density at radius 3 is 1.01 bits per heavy atom. The van der Waals surface area contributed by atoms with Gasteiger partial charge >= 0.3 is 0 Å². The lowest BCUT2D eigenvalue weighted by molar-refractivity contribution is 0.484. The third-order valence-electron chi connectivity index (χ3n) is 20.2. The van der Waals surface area contributed by atoms with Crippen molar-refractivity contribution in [1.82, 2.24) is 78.7 Å². The summed E-state index contributed by atoms with van der Waals surface area (Å²) in [6, 6.07) is 46.5. The number of piperazine rings is 4. The molecule has 2 atom stereocenters. The van der Waals surface area contributed by atoms with Gasteiger partial charge in [0, 0.05) is 189 Å². The van der Waals surface area contributed by atoms with Crippen LogP contribution in [0.2, 0.25) is 0 Å². The zero-order valence-corrected chi connectivity index (χ0v) is 63.3. The fourth-order valence-corrected chi connectivity index (χ4v) is 16.3. The van der Waals surface area contributed by atoms with Crippen LogP contribution in [0.4, 0.5) is 22.7 Å². The Labute approximate surface area is 638 Å². The summed E-state index contributed by atoms with van der Waals surface area (Å²) in [6.45, 7) is 25.1. The summed E-state index contributed by atoms with van der Waals surface area (Å²) in [7, 11) is 0. The van der Waals surface area contributed by atoms with E-state index in [1.165, 1.54) is 0 Å². The van der Waals surface area contributed by atoms with E-state index in [9.17, 15) is 19.2 Å². The third-order valence-corrected chi connectivity index (χ3v) is 22.1. The molecule has 4 aliphatic heterocycles. The summed E-state index contributed by atoms with van der Waals surface area (Å²) in [6.07, 6.45) is 7.56. The average molecular weight is 1510 g/mol. The number of nitrogens with zero attached hydrogens (tertiary/aromatic N) is 16. The van der Waals surface area contributed by atoms with E-state index in [2.05, 4.69) is 85.7 Å². The molecule has 4 saturated heterocycles. The second-order valence-corrected chi connectivity index (χ2v) is 30.6. The molecular formula is C82H80N20O6S2. The minimum Gasteiger partial charge on any atom is -0.441 e. The first kappa shape index (κ1) is 71.0. The summed E-state index contributed by atoms with van der Waals surface area (Å²) >= 11 is 3.34. The lowest BCUT2D eigenvalue weighted by Gasteiger charge is -2.33. The number of nitrogens with one attached hydrogen (secondary N) is 4. The van der Waals surface area contributed by atoms with Crippen molar-refractivity contribution in [3.63, 3.8) is 0 Å². The first-order valence-corrected chi connectivity index (χ1v) is 38.6. The highest BCUT2D eigenvalue weighted by molar-refractivity contribution is 7.18. The normalized spacial score (nSPS) is 16.2. The summed E-state index contributed by atoms with van der Waals surface area (Å²) in [4.78, 5) is 96.8. The number of hydrogen-bond acceptors (Lipinski definition) is 24. The number of anilines is 4. The molecule has 0 amide bonds. The average Bonchev–Trinajstić information content (AvgIpc) is 1.10. The van der Waals surface area contributed by atoms with E-state index < -0.39 is 0 Å². The summed E-state index contributed by atoms with van der Waals surface area (Å²) < 4.78 is 20.0. The summed E-state index contributed by atoms with van der Waals surface area (Å²) in [5.74, 6) is 1.24. The molecule has 4 aromatic carbocycles. The predicted molar refractivity (Wildman–Crippen MR) is 438 cm³/mol.